The molecule has 0 bridgehead atoms. The number of carboxylic acid groups (broad SMARTS) is 1. The standard InChI is InChI=1S/C20H20N4O2/c1-2-14-7-9-17(10-8-14)24-21-18(20(25)26)19(22-24)23-12-11-15-5-3-4-6-16(15)13-23/h3-10H,2,11-13H2,1H3,(H,25,26). The lowest BCUT2D eigenvalue weighted by Crippen LogP contribution is -2.31. The normalized spacial score (nSPS) is 13.5. The topological polar surface area (TPSA) is 71.2 Å². The van der Waals surface area contributed by atoms with E-state index in [1.165, 1.54) is 21.5 Å². The van der Waals surface area contributed by atoms with Crippen molar-refractivity contribution in [1.82, 2.24) is 15.0 Å². The highest BCUT2D eigenvalue weighted by atomic mass is 16.4. The Morgan fingerprint density at radius 1 is 1.08 bits per heavy atom. The van der Waals surface area contributed by atoms with Gasteiger partial charge in [0.15, 0.2) is 5.82 Å². The van der Waals surface area contributed by atoms with E-state index in [-0.39, 0.29) is 5.69 Å². The highest BCUT2D eigenvalue weighted by molar-refractivity contribution is 5.91. The van der Waals surface area contributed by atoms with Gasteiger partial charge in [0, 0.05) is 13.1 Å². The van der Waals surface area contributed by atoms with E-state index in [0.717, 1.165) is 25.1 Å². The van der Waals surface area contributed by atoms with Gasteiger partial charge in [0.05, 0.1) is 5.69 Å². The van der Waals surface area contributed by atoms with Crippen LogP contribution >= 0.6 is 0 Å². The molecule has 0 spiro atoms. The first-order valence-corrected chi connectivity index (χ1v) is 8.77. The molecule has 0 radical (unpaired) electrons. The number of rotatable bonds is 4. The van der Waals surface area contributed by atoms with Crippen LogP contribution in [-0.2, 0) is 19.4 Å². The van der Waals surface area contributed by atoms with E-state index in [1.807, 2.05) is 41.3 Å². The number of anilines is 1. The van der Waals surface area contributed by atoms with Gasteiger partial charge in [-0.25, -0.2) is 4.79 Å². The summed E-state index contributed by atoms with van der Waals surface area (Å²) in [6.45, 7) is 3.46. The Kier molecular flexibility index (Phi) is 4.16. The number of hydrogen-bond acceptors (Lipinski definition) is 4. The number of carboxylic acids is 1. The van der Waals surface area contributed by atoms with Gasteiger partial charge in [-0.15, -0.1) is 15.0 Å². The van der Waals surface area contributed by atoms with E-state index in [0.29, 0.717) is 12.4 Å². The van der Waals surface area contributed by atoms with Crippen LogP contribution in [-0.4, -0.2) is 32.6 Å². The second-order valence-corrected chi connectivity index (χ2v) is 6.43. The largest absolute Gasteiger partial charge is 0.476 e. The molecule has 0 unspecified atom stereocenters. The first kappa shape index (κ1) is 16.3. The molecule has 0 fully saturated rings. The van der Waals surface area contributed by atoms with Crippen LogP contribution in [0.3, 0.4) is 0 Å². The van der Waals surface area contributed by atoms with Crippen LogP contribution in [0.4, 0.5) is 5.82 Å². The van der Waals surface area contributed by atoms with Gasteiger partial charge in [-0.3, -0.25) is 0 Å². The van der Waals surface area contributed by atoms with Gasteiger partial charge in [0.25, 0.3) is 0 Å². The predicted octanol–water partition coefficient (Wildman–Crippen LogP) is 3.09. The Morgan fingerprint density at radius 2 is 1.81 bits per heavy atom. The Hall–Kier alpha value is -3.15. The molecule has 0 saturated carbocycles. The van der Waals surface area contributed by atoms with Gasteiger partial charge in [0.1, 0.15) is 0 Å². The van der Waals surface area contributed by atoms with E-state index in [2.05, 4.69) is 29.3 Å². The molecule has 0 amide bonds. The van der Waals surface area contributed by atoms with Crippen LogP contribution in [0.2, 0.25) is 0 Å². The fourth-order valence-electron chi connectivity index (χ4n) is 3.31. The highest BCUT2D eigenvalue weighted by Crippen LogP contribution is 2.26. The molecule has 4 rings (SSSR count). The van der Waals surface area contributed by atoms with Crippen molar-refractivity contribution < 1.29 is 9.90 Å². The number of hydrogen-bond donors (Lipinski definition) is 1. The summed E-state index contributed by atoms with van der Waals surface area (Å²) in [7, 11) is 0. The second-order valence-electron chi connectivity index (χ2n) is 6.43. The number of benzene rings is 2. The molecule has 6 heteroatoms. The third kappa shape index (κ3) is 2.94. The Labute approximate surface area is 151 Å². The number of fused-ring (bicyclic) bond motifs is 1. The molecular formula is C20H20N4O2. The van der Waals surface area contributed by atoms with Gasteiger partial charge in [-0.2, -0.15) is 0 Å². The molecule has 132 valence electrons. The maximum Gasteiger partial charge on any atom is 0.360 e. The first-order chi connectivity index (χ1) is 12.7. The van der Waals surface area contributed by atoms with Crippen LogP contribution in [0, 0.1) is 0 Å². The van der Waals surface area contributed by atoms with E-state index < -0.39 is 5.97 Å². The first-order valence-electron chi connectivity index (χ1n) is 8.77. The van der Waals surface area contributed by atoms with Crippen molar-refractivity contribution in [3.8, 4) is 5.69 Å². The monoisotopic (exact) mass is 348 g/mol. The van der Waals surface area contributed by atoms with Crippen molar-refractivity contribution in [1.29, 1.82) is 0 Å². The molecular weight excluding hydrogens is 328 g/mol. The molecule has 3 aromatic rings. The number of nitrogens with zero attached hydrogens (tertiary/aromatic N) is 4. The average molecular weight is 348 g/mol. The number of aromatic nitrogens is 3. The maximum absolute atomic E-state index is 11.7. The summed E-state index contributed by atoms with van der Waals surface area (Å²) in [5, 5.41) is 18.3. The van der Waals surface area contributed by atoms with Crippen LogP contribution in [0.1, 0.15) is 34.1 Å². The summed E-state index contributed by atoms with van der Waals surface area (Å²) in [6, 6.07) is 16.1. The van der Waals surface area contributed by atoms with E-state index in [9.17, 15) is 9.90 Å². The van der Waals surface area contributed by atoms with Crippen LogP contribution in [0.25, 0.3) is 5.69 Å². The average Bonchev–Trinajstić information content (AvgIpc) is 3.13. The van der Waals surface area contributed by atoms with E-state index in [1.54, 1.807) is 0 Å². The van der Waals surface area contributed by atoms with Crippen LogP contribution < -0.4 is 4.90 Å². The summed E-state index contributed by atoms with van der Waals surface area (Å²) in [6.07, 6.45) is 1.82. The summed E-state index contributed by atoms with van der Waals surface area (Å²) in [4.78, 5) is 15.1. The SMILES string of the molecule is CCc1ccc(-n2nc(C(=O)O)c(N3CCc4ccccc4C3)n2)cc1. The molecule has 2 aromatic carbocycles. The Morgan fingerprint density at radius 3 is 2.50 bits per heavy atom. The molecule has 1 aliphatic heterocycles. The number of aromatic carboxylic acids is 1. The fraction of sp³-hybridized carbons (Fsp3) is 0.250. The predicted molar refractivity (Wildman–Crippen MR) is 98.9 cm³/mol. The van der Waals surface area contributed by atoms with Crippen molar-refractivity contribution >= 4 is 11.8 Å². The van der Waals surface area contributed by atoms with Crippen molar-refractivity contribution in [2.75, 3.05) is 11.4 Å². The zero-order chi connectivity index (χ0) is 18.1. The van der Waals surface area contributed by atoms with Gasteiger partial charge in [-0.1, -0.05) is 43.3 Å². The maximum atomic E-state index is 11.7. The molecule has 26 heavy (non-hydrogen) atoms. The summed E-state index contributed by atoms with van der Waals surface area (Å²) in [5.74, 6) is -0.637. The Bertz CT molecular complexity index is 947. The summed E-state index contributed by atoms with van der Waals surface area (Å²) in [5.41, 5.74) is 4.48. The Balaban J connectivity index is 1.70. The van der Waals surface area contributed by atoms with Crippen molar-refractivity contribution in [2.45, 2.75) is 26.3 Å². The molecule has 0 atom stereocenters. The fourth-order valence-corrected chi connectivity index (χ4v) is 3.31. The molecule has 1 aliphatic rings. The molecule has 1 aromatic heterocycles. The second kappa shape index (κ2) is 6.63. The molecule has 0 saturated heterocycles. The molecule has 2 heterocycles. The minimum atomic E-state index is -1.06. The number of aryl methyl sites for hydroxylation is 1. The quantitative estimate of drug-likeness (QED) is 0.784. The van der Waals surface area contributed by atoms with E-state index >= 15 is 0 Å². The zero-order valence-electron chi connectivity index (χ0n) is 14.6. The summed E-state index contributed by atoms with van der Waals surface area (Å²) >= 11 is 0. The molecule has 1 N–H and O–H groups in total. The summed E-state index contributed by atoms with van der Waals surface area (Å²) < 4.78 is 0. The third-order valence-corrected chi connectivity index (χ3v) is 4.80. The lowest BCUT2D eigenvalue weighted by molar-refractivity contribution is 0.0690. The molecule has 0 aliphatic carbocycles. The zero-order valence-corrected chi connectivity index (χ0v) is 14.6. The number of carbonyl (C=O) groups is 1. The molecule has 6 nitrogen and oxygen atoms in total. The smallest absolute Gasteiger partial charge is 0.360 e. The van der Waals surface area contributed by atoms with Gasteiger partial charge >= 0.3 is 5.97 Å². The van der Waals surface area contributed by atoms with Crippen molar-refractivity contribution in [3.05, 3.63) is 70.9 Å². The minimum Gasteiger partial charge on any atom is -0.476 e. The minimum absolute atomic E-state index is 0.0102. The van der Waals surface area contributed by atoms with E-state index in [4.69, 9.17) is 0 Å². The lowest BCUT2D eigenvalue weighted by Gasteiger charge is -2.28. The van der Waals surface area contributed by atoms with Crippen molar-refractivity contribution in [3.63, 3.8) is 0 Å². The third-order valence-electron chi connectivity index (χ3n) is 4.80. The van der Waals surface area contributed by atoms with Gasteiger partial charge in [0.2, 0.25) is 5.69 Å². The van der Waals surface area contributed by atoms with Crippen LogP contribution in [0.5, 0.6) is 0 Å². The lowest BCUT2D eigenvalue weighted by atomic mass is 10.00. The van der Waals surface area contributed by atoms with Gasteiger partial charge in [-0.05, 0) is 41.7 Å². The van der Waals surface area contributed by atoms with Crippen molar-refractivity contribution in [2.24, 2.45) is 0 Å². The van der Waals surface area contributed by atoms with Gasteiger partial charge < -0.3 is 10.0 Å². The van der Waals surface area contributed by atoms with Crippen LogP contribution in [0.15, 0.2) is 48.5 Å². The highest BCUT2D eigenvalue weighted by Gasteiger charge is 2.26.